The van der Waals surface area contributed by atoms with Crippen LogP contribution in [-0.4, -0.2) is 24.7 Å². The first-order valence-electron chi connectivity index (χ1n) is 12.7. The average molecular weight is 563 g/mol. The molecule has 0 unspecified atom stereocenters. The monoisotopic (exact) mass is 562 g/mol. The van der Waals surface area contributed by atoms with Crippen molar-refractivity contribution in [3.63, 3.8) is 0 Å². The molecule has 4 aromatic carbocycles. The highest BCUT2D eigenvalue weighted by Gasteiger charge is 2.19. The summed E-state index contributed by atoms with van der Waals surface area (Å²) in [6, 6.07) is 24.0. The summed E-state index contributed by atoms with van der Waals surface area (Å²) in [5, 5.41) is 11.7. The normalized spacial score (nSPS) is 11.3. The third-order valence-electron chi connectivity index (χ3n) is 6.37. The lowest BCUT2D eigenvalue weighted by Gasteiger charge is -2.15. The summed E-state index contributed by atoms with van der Waals surface area (Å²) in [7, 11) is -3.68. The minimum absolute atomic E-state index is 0.0832. The van der Waals surface area contributed by atoms with Crippen molar-refractivity contribution in [2.45, 2.75) is 39.2 Å². The predicted octanol–water partition coefficient (Wildman–Crippen LogP) is 6.17. The van der Waals surface area contributed by atoms with E-state index in [4.69, 9.17) is 4.74 Å². The van der Waals surface area contributed by atoms with Crippen molar-refractivity contribution in [2.24, 2.45) is 0 Å². The van der Waals surface area contributed by atoms with E-state index >= 15 is 0 Å². The van der Waals surface area contributed by atoms with Gasteiger partial charge in [0, 0.05) is 17.7 Å². The van der Waals surface area contributed by atoms with Gasteiger partial charge in [0.25, 0.3) is 5.91 Å². The topological polar surface area (TPSA) is 105 Å². The molecule has 4 rings (SSSR count). The second-order valence-corrected chi connectivity index (χ2v) is 11.9. The molecule has 0 fully saturated rings. The van der Waals surface area contributed by atoms with Crippen LogP contribution in [0.5, 0.6) is 11.5 Å². The molecule has 3 N–H and O–H groups in total. The molecule has 0 saturated heterocycles. The molecular formula is C31H31FN2O5S. The summed E-state index contributed by atoms with van der Waals surface area (Å²) in [6.07, 6.45) is 0. The zero-order valence-corrected chi connectivity index (χ0v) is 23.3. The molecule has 0 saturated carbocycles. The maximum atomic E-state index is 14.9. The summed E-state index contributed by atoms with van der Waals surface area (Å²) in [5.41, 5.74) is 4.18. The van der Waals surface area contributed by atoms with Crippen molar-refractivity contribution >= 4 is 21.6 Å². The summed E-state index contributed by atoms with van der Waals surface area (Å²) in [6.45, 7) is 5.11. The minimum atomic E-state index is -3.68. The maximum absolute atomic E-state index is 14.9. The Balaban J connectivity index is 1.34. The summed E-state index contributed by atoms with van der Waals surface area (Å²) in [4.78, 5) is 12.7. The number of anilines is 1. The molecule has 0 aliphatic carbocycles. The summed E-state index contributed by atoms with van der Waals surface area (Å²) < 4.78 is 47.3. The smallest absolute Gasteiger partial charge is 0.251 e. The number of aryl methyl sites for hydroxylation is 1. The van der Waals surface area contributed by atoms with Gasteiger partial charge in [-0.1, -0.05) is 48.5 Å². The molecule has 7 nitrogen and oxygen atoms in total. The lowest BCUT2D eigenvalue weighted by atomic mass is 10.0. The Kier molecular flexibility index (Phi) is 8.74. The number of carbonyl (C=O) groups excluding carboxylic acids is 1. The molecule has 40 heavy (non-hydrogen) atoms. The highest BCUT2D eigenvalue weighted by Crippen LogP contribution is 2.25. The largest absolute Gasteiger partial charge is 0.508 e. The van der Waals surface area contributed by atoms with Crippen LogP contribution in [0.3, 0.4) is 0 Å². The molecule has 9 heteroatoms. The van der Waals surface area contributed by atoms with E-state index < -0.39 is 21.1 Å². The van der Waals surface area contributed by atoms with Gasteiger partial charge < -0.3 is 15.2 Å². The van der Waals surface area contributed by atoms with Crippen LogP contribution in [0.25, 0.3) is 11.1 Å². The fourth-order valence-electron chi connectivity index (χ4n) is 3.93. The zero-order chi connectivity index (χ0) is 28.9. The van der Waals surface area contributed by atoms with Crippen molar-refractivity contribution in [3.05, 3.63) is 113 Å². The van der Waals surface area contributed by atoms with Crippen LogP contribution in [0.15, 0.2) is 84.9 Å². The van der Waals surface area contributed by atoms with Crippen molar-refractivity contribution in [2.75, 3.05) is 4.72 Å². The molecule has 4 aromatic rings. The van der Waals surface area contributed by atoms with E-state index in [1.165, 1.54) is 19.9 Å². The number of phenolic OH excluding ortho intramolecular Hbond substituents is 1. The van der Waals surface area contributed by atoms with E-state index in [1.807, 2.05) is 43.3 Å². The highest BCUT2D eigenvalue weighted by atomic mass is 32.2. The van der Waals surface area contributed by atoms with E-state index in [0.717, 1.165) is 22.3 Å². The second-order valence-electron chi connectivity index (χ2n) is 9.67. The first-order valence-corrected chi connectivity index (χ1v) is 14.3. The highest BCUT2D eigenvalue weighted by molar-refractivity contribution is 7.93. The Bertz CT molecular complexity index is 1600. The third kappa shape index (κ3) is 6.98. The van der Waals surface area contributed by atoms with E-state index in [9.17, 15) is 22.7 Å². The number of aromatic hydroxyl groups is 1. The van der Waals surface area contributed by atoms with Crippen molar-refractivity contribution in [3.8, 4) is 22.6 Å². The molecule has 0 aliphatic rings. The van der Waals surface area contributed by atoms with Crippen LogP contribution in [0.2, 0.25) is 0 Å². The van der Waals surface area contributed by atoms with E-state index in [0.29, 0.717) is 17.9 Å². The number of phenols is 1. The van der Waals surface area contributed by atoms with Crippen molar-refractivity contribution < 1.29 is 27.4 Å². The SMILES string of the molecule is Cc1cc(CNC(=O)c2ccc(-c3ccc(O)cc3)cc2)ccc1OCc1cccc(NS(=O)(=O)C(C)C)c1F. The standard InChI is InChI=1S/C31H31FN2O5S/c1-20(2)40(37,38)34-28-6-4-5-26(30(28)32)19-39-29-16-7-22(17-21(29)3)18-33-31(36)25-10-8-23(9-11-25)24-12-14-27(35)15-13-24/h4-17,20,34-35H,18-19H2,1-3H3,(H,33,36). The number of sulfonamides is 1. The number of ether oxygens (including phenoxy) is 1. The molecule has 0 radical (unpaired) electrons. The molecule has 0 heterocycles. The van der Waals surface area contributed by atoms with Gasteiger partial charge >= 0.3 is 0 Å². The number of amides is 1. The third-order valence-corrected chi connectivity index (χ3v) is 8.12. The molecule has 0 aromatic heterocycles. The van der Waals surface area contributed by atoms with Crippen LogP contribution in [0, 0.1) is 12.7 Å². The summed E-state index contributed by atoms with van der Waals surface area (Å²) in [5.74, 6) is -0.145. The van der Waals surface area contributed by atoms with Gasteiger partial charge in [0.05, 0.1) is 10.9 Å². The molecule has 0 aliphatic heterocycles. The van der Waals surface area contributed by atoms with Crippen molar-refractivity contribution in [1.29, 1.82) is 0 Å². The van der Waals surface area contributed by atoms with Crippen LogP contribution < -0.4 is 14.8 Å². The summed E-state index contributed by atoms with van der Waals surface area (Å²) >= 11 is 0. The van der Waals surface area contributed by atoms with Gasteiger partial charge in [-0.25, -0.2) is 12.8 Å². The average Bonchev–Trinajstić information content (AvgIpc) is 2.93. The lowest BCUT2D eigenvalue weighted by Crippen LogP contribution is -2.23. The van der Waals surface area contributed by atoms with Crippen LogP contribution in [0.1, 0.15) is 40.9 Å². The maximum Gasteiger partial charge on any atom is 0.251 e. The van der Waals surface area contributed by atoms with Gasteiger partial charge in [-0.05, 0) is 79.4 Å². The number of carbonyl (C=O) groups is 1. The predicted molar refractivity (Wildman–Crippen MR) is 154 cm³/mol. The second kappa shape index (κ2) is 12.2. The van der Waals surface area contributed by atoms with Gasteiger partial charge in [-0.2, -0.15) is 0 Å². The first-order chi connectivity index (χ1) is 19.0. The molecular weight excluding hydrogens is 531 g/mol. The van der Waals surface area contributed by atoms with Gasteiger partial charge in [0.15, 0.2) is 5.82 Å². The zero-order valence-electron chi connectivity index (χ0n) is 22.4. The van der Waals surface area contributed by atoms with Crippen molar-refractivity contribution in [1.82, 2.24) is 5.32 Å². The lowest BCUT2D eigenvalue weighted by molar-refractivity contribution is 0.0951. The number of hydrogen-bond donors (Lipinski definition) is 3. The van der Waals surface area contributed by atoms with E-state index in [-0.39, 0.29) is 29.5 Å². The molecule has 208 valence electrons. The fourth-order valence-corrected chi connectivity index (χ4v) is 4.63. The molecule has 0 bridgehead atoms. The number of rotatable bonds is 10. The van der Waals surface area contributed by atoms with E-state index in [2.05, 4.69) is 10.0 Å². The van der Waals surface area contributed by atoms with Gasteiger partial charge in [-0.3, -0.25) is 9.52 Å². The van der Waals surface area contributed by atoms with Gasteiger partial charge in [0.1, 0.15) is 18.1 Å². The Morgan fingerprint density at radius 2 is 1.60 bits per heavy atom. The molecule has 1 amide bonds. The first kappa shape index (κ1) is 28.6. The Morgan fingerprint density at radius 1 is 0.950 bits per heavy atom. The van der Waals surface area contributed by atoms with Gasteiger partial charge in [0.2, 0.25) is 10.0 Å². The van der Waals surface area contributed by atoms with Crippen LogP contribution in [0.4, 0.5) is 10.1 Å². The number of benzene rings is 4. The number of hydrogen-bond acceptors (Lipinski definition) is 5. The fraction of sp³-hybridized carbons (Fsp3) is 0.194. The molecule has 0 spiro atoms. The number of nitrogens with one attached hydrogen (secondary N) is 2. The van der Waals surface area contributed by atoms with E-state index in [1.54, 1.807) is 42.5 Å². The Labute approximate surface area is 233 Å². The van der Waals surface area contributed by atoms with Crippen LogP contribution in [-0.2, 0) is 23.2 Å². The van der Waals surface area contributed by atoms with Gasteiger partial charge in [-0.15, -0.1) is 0 Å². The quantitative estimate of drug-likeness (QED) is 0.215. The number of halogens is 1. The molecule has 0 atom stereocenters. The Hall–Kier alpha value is -4.37. The Morgan fingerprint density at radius 3 is 2.23 bits per heavy atom. The minimum Gasteiger partial charge on any atom is -0.508 e. The van der Waals surface area contributed by atoms with Crippen LogP contribution >= 0.6 is 0 Å².